The SMILES string of the molecule is Cc1cncc(CC(=O)c2cc(F)cc(N(C)c3cncnc3)c2)c1. The summed E-state index contributed by atoms with van der Waals surface area (Å²) in [7, 11) is 1.77. The predicted octanol–water partition coefficient (Wildman–Crippen LogP) is 3.51. The fourth-order valence-corrected chi connectivity index (χ4v) is 2.54. The summed E-state index contributed by atoms with van der Waals surface area (Å²) in [5, 5.41) is 0. The molecule has 3 aromatic rings. The molecule has 1 aromatic carbocycles. The van der Waals surface area contributed by atoms with Crippen molar-refractivity contribution in [3.8, 4) is 0 Å². The lowest BCUT2D eigenvalue weighted by molar-refractivity contribution is 0.0992. The van der Waals surface area contributed by atoms with E-state index in [1.807, 2.05) is 13.0 Å². The number of ketones is 1. The molecule has 6 heteroatoms. The van der Waals surface area contributed by atoms with E-state index in [1.165, 1.54) is 18.5 Å². The first-order chi connectivity index (χ1) is 12.0. The van der Waals surface area contributed by atoms with Crippen molar-refractivity contribution in [1.29, 1.82) is 0 Å². The van der Waals surface area contributed by atoms with Gasteiger partial charge in [0.15, 0.2) is 5.78 Å². The Labute approximate surface area is 145 Å². The lowest BCUT2D eigenvalue weighted by atomic mass is 10.0. The maximum atomic E-state index is 14.0. The molecule has 0 atom stereocenters. The van der Waals surface area contributed by atoms with E-state index in [9.17, 15) is 9.18 Å². The van der Waals surface area contributed by atoms with E-state index < -0.39 is 5.82 Å². The van der Waals surface area contributed by atoms with Crippen LogP contribution in [-0.2, 0) is 6.42 Å². The zero-order chi connectivity index (χ0) is 17.8. The van der Waals surface area contributed by atoms with Crippen LogP contribution >= 0.6 is 0 Å². The third-order valence-corrected chi connectivity index (χ3v) is 3.82. The molecule has 2 aromatic heterocycles. The molecule has 0 aliphatic heterocycles. The van der Waals surface area contributed by atoms with Crippen molar-refractivity contribution in [3.63, 3.8) is 0 Å². The van der Waals surface area contributed by atoms with Crippen LogP contribution in [0.1, 0.15) is 21.5 Å². The average Bonchev–Trinajstić information content (AvgIpc) is 2.61. The molecular weight excluding hydrogens is 319 g/mol. The fraction of sp³-hybridized carbons (Fsp3) is 0.158. The first-order valence-corrected chi connectivity index (χ1v) is 7.76. The number of carbonyl (C=O) groups excluding carboxylic acids is 1. The molecule has 2 heterocycles. The van der Waals surface area contributed by atoms with Gasteiger partial charge in [0, 0.05) is 37.1 Å². The molecule has 0 amide bonds. The molecule has 0 fully saturated rings. The predicted molar refractivity (Wildman–Crippen MR) is 93.5 cm³/mol. The van der Waals surface area contributed by atoms with E-state index >= 15 is 0 Å². The van der Waals surface area contributed by atoms with Crippen LogP contribution in [0.3, 0.4) is 0 Å². The summed E-state index contributed by atoms with van der Waals surface area (Å²) in [5.41, 5.74) is 3.37. The summed E-state index contributed by atoms with van der Waals surface area (Å²) in [6, 6.07) is 6.20. The standard InChI is InChI=1S/C19H17FN4O/c1-13-3-14(9-21-8-13)4-19(25)15-5-16(20)7-17(6-15)24(2)18-10-22-12-23-11-18/h3,5-12H,4H2,1-2H3. The number of aryl methyl sites for hydroxylation is 1. The van der Waals surface area contributed by atoms with Crippen LogP contribution in [-0.4, -0.2) is 27.8 Å². The molecule has 3 rings (SSSR count). The van der Waals surface area contributed by atoms with E-state index in [4.69, 9.17) is 0 Å². The first-order valence-electron chi connectivity index (χ1n) is 7.76. The lowest BCUT2D eigenvalue weighted by Crippen LogP contribution is -2.12. The molecule has 0 N–H and O–H groups in total. The van der Waals surface area contributed by atoms with Crippen LogP contribution in [0.15, 0.2) is 55.4 Å². The molecule has 0 aliphatic carbocycles. The summed E-state index contributed by atoms with van der Waals surface area (Å²) in [5.74, 6) is -0.627. The minimum atomic E-state index is -0.466. The van der Waals surface area contributed by atoms with Crippen molar-refractivity contribution in [1.82, 2.24) is 15.0 Å². The van der Waals surface area contributed by atoms with Crippen LogP contribution in [0, 0.1) is 12.7 Å². The van der Waals surface area contributed by atoms with E-state index in [-0.39, 0.29) is 12.2 Å². The lowest BCUT2D eigenvalue weighted by Gasteiger charge is -2.19. The van der Waals surface area contributed by atoms with Crippen LogP contribution in [0.25, 0.3) is 0 Å². The fourth-order valence-electron chi connectivity index (χ4n) is 2.54. The average molecular weight is 336 g/mol. The molecular formula is C19H17FN4O. The summed E-state index contributed by atoms with van der Waals surface area (Å²) in [6.07, 6.45) is 8.23. The highest BCUT2D eigenvalue weighted by atomic mass is 19.1. The Balaban J connectivity index is 1.87. The number of halogens is 1. The smallest absolute Gasteiger partial charge is 0.167 e. The number of pyridine rings is 1. The monoisotopic (exact) mass is 336 g/mol. The minimum Gasteiger partial charge on any atom is -0.342 e. The minimum absolute atomic E-state index is 0.161. The highest BCUT2D eigenvalue weighted by Crippen LogP contribution is 2.25. The molecule has 25 heavy (non-hydrogen) atoms. The maximum absolute atomic E-state index is 14.0. The Kier molecular flexibility index (Phi) is 4.79. The quantitative estimate of drug-likeness (QED) is 0.667. The van der Waals surface area contributed by atoms with Gasteiger partial charge in [-0.1, -0.05) is 6.07 Å². The van der Waals surface area contributed by atoms with Gasteiger partial charge >= 0.3 is 0 Å². The summed E-state index contributed by atoms with van der Waals surface area (Å²) >= 11 is 0. The third kappa shape index (κ3) is 4.03. The van der Waals surface area contributed by atoms with Crippen LogP contribution in [0.5, 0.6) is 0 Å². The van der Waals surface area contributed by atoms with Gasteiger partial charge in [0.05, 0.1) is 18.1 Å². The van der Waals surface area contributed by atoms with Crippen LogP contribution < -0.4 is 4.90 Å². The van der Waals surface area contributed by atoms with Crippen molar-refractivity contribution in [2.24, 2.45) is 0 Å². The molecule has 0 radical (unpaired) electrons. The molecule has 126 valence electrons. The Morgan fingerprint density at radius 1 is 1.00 bits per heavy atom. The van der Waals surface area contributed by atoms with Crippen molar-refractivity contribution in [2.75, 3.05) is 11.9 Å². The Hall–Kier alpha value is -3.15. The third-order valence-electron chi connectivity index (χ3n) is 3.82. The van der Waals surface area contributed by atoms with E-state index in [0.29, 0.717) is 16.9 Å². The normalized spacial score (nSPS) is 10.5. The van der Waals surface area contributed by atoms with E-state index in [2.05, 4.69) is 15.0 Å². The number of carbonyl (C=O) groups is 1. The van der Waals surface area contributed by atoms with Crippen molar-refractivity contribution in [2.45, 2.75) is 13.3 Å². The number of rotatable bonds is 5. The zero-order valence-electron chi connectivity index (χ0n) is 14.0. The van der Waals surface area contributed by atoms with E-state index in [1.54, 1.807) is 42.8 Å². The first kappa shape index (κ1) is 16.7. The summed E-state index contributed by atoms with van der Waals surface area (Å²) in [6.45, 7) is 1.91. The molecule has 0 saturated carbocycles. The van der Waals surface area contributed by atoms with Gasteiger partial charge in [0.2, 0.25) is 0 Å². The van der Waals surface area contributed by atoms with Gasteiger partial charge in [-0.2, -0.15) is 0 Å². The van der Waals surface area contributed by atoms with Crippen LogP contribution in [0.2, 0.25) is 0 Å². The Bertz CT molecular complexity index is 899. The molecule has 0 aliphatic rings. The number of hydrogen-bond donors (Lipinski definition) is 0. The largest absolute Gasteiger partial charge is 0.342 e. The number of hydrogen-bond acceptors (Lipinski definition) is 5. The van der Waals surface area contributed by atoms with Gasteiger partial charge < -0.3 is 4.90 Å². The van der Waals surface area contributed by atoms with Gasteiger partial charge in [-0.05, 0) is 36.2 Å². The molecule has 0 bridgehead atoms. The van der Waals surface area contributed by atoms with Gasteiger partial charge in [0.25, 0.3) is 0 Å². The second-order valence-corrected chi connectivity index (χ2v) is 5.82. The van der Waals surface area contributed by atoms with E-state index in [0.717, 1.165) is 11.1 Å². The van der Waals surface area contributed by atoms with Crippen LogP contribution in [0.4, 0.5) is 15.8 Å². The van der Waals surface area contributed by atoms with Crippen molar-refractivity contribution < 1.29 is 9.18 Å². The van der Waals surface area contributed by atoms with Gasteiger partial charge in [0.1, 0.15) is 12.1 Å². The number of Topliss-reactive ketones (excluding diaryl/α,β-unsaturated/α-hetero) is 1. The van der Waals surface area contributed by atoms with Crippen molar-refractivity contribution in [3.05, 3.63) is 77.9 Å². The Morgan fingerprint density at radius 2 is 1.76 bits per heavy atom. The molecule has 5 nitrogen and oxygen atoms in total. The summed E-state index contributed by atoms with van der Waals surface area (Å²) < 4.78 is 14.0. The van der Waals surface area contributed by atoms with Gasteiger partial charge in [-0.3, -0.25) is 9.78 Å². The maximum Gasteiger partial charge on any atom is 0.167 e. The van der Waals surface area contributed by atoms with Gasteiger partial charge in [-0.25, -0.2) is 14.4 Å². The molecule has 0 unspecified atom stereocenters. The highest BCUT2D eigenvalue weighted by Gasteiger charge is 2.13. The topological polar surface area (TPSA) is 59.0 Å². The van der Waals surface area contributed by atoms with Crippen molar-refractivity contribution >= 4 is 17.2 Å². The number of anilines is 2. The number of aromatic nitrogens is 3. The number of nitrogens with zero attached hydrogens (tertiary/aromatic N) is 4. The Morgan fingerprint density at radius 3 is 2.48 bits per heavy atom. The second-order valence-electron chi connectivity index (χ2n) is 5.82. The summed E-state index contributed by atoms with van der Waals surface area (Å²) in [4.78, 5) is 26.3. The molecule has 0 saturated heterocycles. The second kappa shape index (κ2) is 7.17. The van der Waals surface area contributed by atoms with Gasteiger partial charge in [-0.15, -0.1) is 0 Å². The zero-order valence-corrected chi connectivity index (χ0v) is 14.0. The number of benzene rings is 1. The highest BCUT2D eigenvalue weighted by molar-refractivity contribution is 5.98. The molecule has 0 spiro atoms.